The standard InChI is InChI=1S/C17H16N2O2/c20-17(21)9-3-5-13-12-19(14-6-4-10-18-11-14)16-8-2-1-7-15(13)16/h1-2,4,6-8,10-12H,3,5,9H2,(H,20,21). The molecule has 4 nitrogen and oxygen atoms in total. The fourth-order valence-electron chi connectivity index (χ4n) is 2.59. The van der Waals surface area contributed by atoms with E-state index in [2.05, 4.69) is 27.9 Å². The minimum absolute atomic E-state index is 0.201. The Morgan fingerprint density at radius 3 is 2.81 bits per heavy atom. The molecule has 0 atom stereocenters. The number of nitrogens with zero attached hydrogens (tertiary/aromatic N) is 2. The molecule has 0 bridgehead atoms. The number of benzene rings is 1. The summed E-state index contributed by atoms with van der Waals surface area (Å²) < 4.78 is 2.11. The van der Waals surface area contributed by atoms with E-state index in [0.717, 1.165) is 17.6 Å². The predicted molar refractivity (Wildman–Crippen MR) is 81.6 cm³/mol. The molecule has 2 heterocycles. The molecule has 0 fully saturated rings. The highest BCUT2D eigenvalue weighted by Gasteiger charge is 2.09. The number of fused-ring (bicyclic) bond motifs is 1. The van der Waals surface area contributed by atoms with Crippen molar-refractivity contribution in [3.05, 3.63) is 60.6 Å². The summed E-state index contributed by atoms with van der Waals surface area (Å²) in [5.41, 5.74) is 3.31. The second-order valence-corrected chi connectivity index (χ2v) is 5.00. The van der Waals surface area contributed by atoms with E-state index in [9.17, 15) is 4.79 Å². The van der Waals surface area contributed by atoms with Crippen LogP contribution in [0.3, 0.4) is 0 Å². The largest absolute Gasteiger partial charge is 0.481 e. The summed E-state index contributed by atoms with van der Waals surface area (Å²) in [5.74, 6) is -0.744. The van der Waals surface area contributed by atoms with Gasteiger partial charge >= 0.3 is 5.97 Å². The predicted octanol–water partition coefficient (Wildman–Crippen LogP) is 3.43. The van der Waals surface area contributed by atoms with Gasteiger partial charge in [0.2, 0.25) is 0 Å². The zero-order valence-corrected chi connectivity index (χ0v) is 11.6. The van der Waals surface area contributed by atoms with Crippen LogP contribution in [0.1, 0.15) is 18.4 Å². The summed E-state index contributed by atoms with van der Waals surface area (Å²) in [4.78, 5) is 14.8. The second kappa shape index (κ2) is 5.79. The average molecular weight is 280 g/mol. The average Bonchev–Trinajstić information content (AvgIpc) is 2.87. The van der Waals surface area contributed by atoms with Crippen molar-refractivity contribution in [2.24, 2.45) is 0 Å². The normalized spacial score (nSPS) is 10.9. The van der Waals surface area contributed by atoms with Crippen molar-refractivity contribution in [3.63, 3.8) is 0 Å². The summed E-state index contributed by atoms with van der Waals surface area (Å²) in [6, 6.07) is 12.1. The lowest BCUT2D eigenvalue weighted by atomic mass is 10.1. The molecule has 3 rings (SSSR count). The third kappa shape index (κ3) is 2.79. The molecule has 21 heavy (non-hydrogen) atoms. The van der Waals surface area contributed by atoms with Gasteiger partial charge in [0.1, 0.15) is 0 Å². The molecule has 0 saturated carbocycles. The first-order valence-electron chi connectivity index (χ1n) is 6.97. The Hall–Kier alpha value is -2.62. The van der Waals surface area contributed by atoms with Gasteiger partial charge in [0, 0.05) is 24.2 Å². The Bertz CT molecular complexity index is 763. The molecule has 0 radical (unpaired) electrons. The van der Waals surface area contributed by atoms with Crippen molar-refractivity contribution in [2.75, 3.05) is 0 Å². The first-order chi connectivity index (χ1) is 10.3. The molecule has 2 aromatic heterocycles. The van der Waals surface area contributed by atoms with Crippen LogP contribution in [0.5, 0.6) is 0 Å². The zero-order valence-electron chi connectivity index (χ0n) is 11.6. The molecule has 106 valence electrons. The van der Waals surface area contributed by atoms with E-state index in [-0.39, 0.29) is 6.42 Å². The van der Waals surface area contributed by atoms with Crippen molar-refractivity contribution in [3.8, 4) is 5.69 Å². The van der Waals surface area contributed by atoms with Crippen LogP contribution in [-0.4, -0.2) is 20.6 Å². The van der Waals surface area contributed by atoms with Gasteiger partial charge in [-0.2, -0.15) is 0 Å². The van der Waals surface area contributed by atoms with Gasteiger partial charge in [-0.15, -0.1) is 0 Å². The molecule has 0 unspecified atom stereocenters. The van der Waals surface area contributed by atoms with E-state index in [1.54, 1.807) is 6.20 Å². The summed E-state index contributed by atoms with van der Waals surface area (Å²) in [5, 5.41) is 9.95. The van der Waals surface area contributed by atoms with Crippen LogP contribution in [0.4, 0.5) is 0 Å². The van der Waals surface area contributed by atoms with Gasteiger partial charge in [-0.1, -0.05) is 18.2 Å². The molecule has 1 aromatic carbocycles. The Balaban J connectivity index is 2.00. The highest BCUT2D eigenvalue weighted by atomic mass is 16.4. The number of para-hydroxylation sites is 1. The molecule has 4 heteroatoms. The number of aryl methyl sites for hydroxylation is 1. The van der Waals surface area contributed by atoms with Crippen LogP contribution in [0, 0.1) is 0 Å². The van der Waals surface area contributed by atoms with Gasteiger partial charge in [0.15, 0.2) is 0 Å². The maximum absolute atomic E-state index is 10.7. The third-order valence-corrected chi connectivity index (χ3v) is 3.56. The number of aromatic nitrogens is 2. The van der Waals surface area contributed by atoms with E-state index in [1.165, 1.54) is 10.9 Å². The van der Waals surface area contributed by atoms with E-state index in [1.807, 2.05) is 30.5 Å². The van der Waals surface area contributed by atoms with Crippen molar-refractivity contribution >= 4 is 16.9 Å². The molecule has 0 aliphatic heterocycles. The van der Waals surface area contributed by atoms with Crippen LogP contribution >= 0.6 is 0 Å². The first-order valence-corrected chi connectivity index (χ1v) is 6.97. The monoisotopic (exact) mass is 280 g/mol. The van der Waals surface area contributed by atoms with Crippen LogP contribution in [0.15, 0.2) is 55.0 Å². The van der Waals surface area contributed by atoms with Crippen LogP contribution in [0.2, 0.25) is 0 Å². The minimum atomic E-state index is -0.744. The SMILES string of the molecule is O=C(O)CCCc1cn(-c2cccnc2)c2ccccc12. The maximum atomic E-state index is 10.7. The first kappa shape index (κ1) is 13.4. The highest BCUT2D eigenvalue weighted by molar-refractivity contribution is 5.85. The van der Waals surface area contributed by atoms with Gasteiger partial charge < -0.3 is 9.67 Å². The smallest absolute Gasteiger partial charge is 0.303 e. The lowest BCUT2D eigenvalue weighted by molar-refractivity contribution is -0.137. The number of hydrogen-bond donors (Lipinski definition) is 1. The maximum Gasteiger partial charge on any atom is 0.303 e. The quantitative estimate of drug-likeness (QED) is 0.779. The Morgan fingerprint density at radius 1 is 1.19 bits per heavy atom. The number of carbonyl (C=O) groups is 1. The Kier molecular flexibility index (Phi) is 3.69. The van der Waals surface area contributed by atoms with Crippen molar-refractivity contribution in [2.45, 2.75) is 19.3 Å². The fourth-order valence-corrected chi connectivity index (χ4v) is 2.59. The summed E-state index contributed by atoms with van der Waals surface area (Å²) in [6.45, 7) is 0. The van der Waals surface area contributed by atoms with Crippen LogP contribution in [-0.2, 0) is 11.2 Å². The third-order valence-electron chi connectivity index (χ3n) is 3.56. The summed E-state index contributed by atoms with van der Waals surface area (Å²) in [7, 11) is 0. The lowest BCUT2D eigenvalue weighted by Gasteiger charge is -2.03. The lowest BCUT2D eigenvalue weighted by Crippen LogP contribution is -1.95. The Morgan fingerprint density at radius 2 is 2.05 bits per heavy atom. The van der Waals surface area contributed by atoms with E-state index in [0.29, 0.717) is 6.42 Å². The second-order valence-electron chi connectivity index (χ2n) is 5.00. The zero-order chi connectivity index (χ0) is 14.7. The molecular formula is C17H16N2O2. The fraction of sp³-hybridized carbons (Fsp3) is 0.176. The van der Waals surface area contributed by atoms with Gasteiger partial charge in [0.25, 0.3) is 0 Å². The molecular weight excluding hydrogens is 264 g/mol. The molecule has 0 aliphatic carbocycles. The van der Waals surface area contributed by atoms with E-state index < -0.39 is 5.97 Å². The molecule has 0 aliphatic rings. The number of aliphatic carboxylic acids is 1. The van der Waals surface area contributed by atoms with Crippen molar-refractivity contribution < 1.29 is 9.90 Å². The number of rotatable bonds is 5. The Labute approximate surface area is 122 Å². The number of carboxylic acids is 1. The van der Waals surface area contributed by atoms with Crippen LogP contribution < -0.4 is 0 Å². The summed E-state index contributed by atoms with van der Waals surface area (Å²) in [6.07, 6.45) is 7.28. The van der Waals surface area contributed by atoms with Gasteiger partial charge in [0.05, 0.1) is 17.4 Å². The molecule has 0 spiro atoms. The van der Waals surface area contributed by atoms with Crippen molar-refractivity contribution in [1.82, 2.24) is 9.55 Å². The molecule has 3 aromatic rings. The molecule has 0 saturated heterocycles. The topological polar surface area (TPSA) is 55.1 Å². The van der Waals surface area contributed by atoms with Gasteiger partial charge in [-0.3, -0.25) is 9.78 Å². The van der Waals surface area contributed by atoms with E-state index in [4.69, 9.17) is 5.11 Å². The van der Waals surface area contributed by atoms with E-state index >= 15 is 0 Å². The summed E-state index contributed by atoms with van der Waals surface area (Å²) >= 11 is 0. The van der Waals surface area contributed by atoms with Crippen molar-refractivity contribution in [1.29, 1.82) is 0 Å². The van der Waals surface area contributed by atoms with Gasteiger partial charge in [-0.05, 0) is 36.6 Å². The van der Waals surface area contributed by atoms with Crippen LogP contribution in [0.25, 0.3) is 16.6 Å². The highest BCUT2D eigenvalue weighted by Crippen LogP contribution is 2.25. The number of pyridine rings is 1. The molecule has 1 N–H and O–H groups in total. The minimum Gasteiger partial charge on any atom is -0.481 e. The number of hydrogen-bond acceptors (Lipinski definition) is 2. The van der Waals surface area contributed by atoms with Gasteiger partial charge in [-0.25, -0.2) is 0 Å². The molecule has 0 amide bonds. The number of carboxylic acid groups (broad SMARTS) is 1.